The Hall–Kier alpha value is -2.44. The summed E-state index contributed by atoms with van der Waals surface area (Å²) >= 11 is 0. The molecule has 0 aliphatic heterocycles. The Morgan fingerprint density at radius 2 is 1.62 bits per heavy atom. The lowest BCUT2D eigenvalue weighted by molar-refractivity contribution is -0.133. The van der Waals surface area contributed by atoms with E-state index in [1.54, 1.807) is 0 Å². The number of halogens is 1. The first-order chi connectivity index (χ1) is 12.4. The molecule has 3 N–H and O–H groups in total. The van der Waals surface area contributed by atoms with Crippen LogP contribution in [0.4, 0.5) is 4.39 Å². The molecular formula is C19H26FN3O3. The zero-order valence-corrected chi connectivity index (χ0v) is 15.2. The summed E-state index contributed by atoms with van der Waals surface area (Å²) in [6.45, 7) is 3.65. The molecule has 1 atom stereocenters. The van der Waals surface area contributed by atoms with Crippen LogP contribution < -0.4 is 16.2 Å². The summed E-state index contributed by atoms with van der Waals surface area (Å²) in [6.07, 6.45) is 4.90. The van der Waals surface area contributed by atoms with Gasteiger partial charge in [0.2, 0.25) is 5.91 Å². The SMILES string of the molecule is CC(C)[C@H](NC(=O)C1CCCCC1)C(=O)NNC(=O)c1ccc(F)cc1. The zero-order chi connectivity index (χ0) is 19.1. The average Bonchev–Trinajstić information content (AvgIpc) is 2.64. The molecule has 1 aliphatic carbocycles. The van der Waals surface area contributed by atoms with Crippen molar-refractivity contribution >= 4 is 17.7 Å². The normalized spacial score (nSPS) is 16.0. The summed E-state index contributed by atoms with van der Waals surface area (Å²) in [5.41, 5.74) is 4.85. The summed E-state index contributed by atoms with van der Waals surface area (Å²) in [5, 5.41) is 2.81. The molecule has 7 heteroatoms. The Morgan fingerprint density at radius 1 is 1.00 bits per heavy atom. The van der Waals surface area contributed by atoms with Crippen molar-refractivity contribution in [3.05, 3.63) is 35.6 Å². The molecule has 26 heavy (non-hydrogen) atoms. The van der Waals surface area contributed by atoms with E-state index in [1.807, 2.05) is 13.8 Å². The minimum absolute atomic E-state index is 0.0494. The van der Waals surface area contributed by atoms with E-state index in [4.69, 9.17) is 0 Å². The molecule has 1 aromatic rings. The van der Waals surface area contributed by atoms with Crippen molar-refractivity contribution < 1.29 is 18.8 Å². The number of nitrogens with one attached hydrogen (secondary N) is 3. The number of amides is 3. The molecule has 142 valence electrons. The van der Waals surface area contributed by atoms with Crippen molar-refractivity contribution in [1.82, 2.24) is 16.2 Å². The predicted molar refractivity (Wildman–Crippen MR) is 95.4 cm³/mol. The number of hydrogen-bond acceptors (Lipinski definition) is 3. The van der Waals surface area contributed by atoms with E-state index in [1.165, 1.54) is 12.1 Å². The third kappa shape index (κ3) is 5.54. The summed E-state index contributed by atoms with van der Waals surface area (Å²) in [5.74, 6) is -1.78. The lowest BCUT2D eigenvalue weighted by Crippen LogP contribution is -2.55. The molecule has 1 aromatic carbocycles. The quantitative estimate of drug-likeness (QED) is 0.702. The number of hydrazine groups is 1. The van der Waals surface area contributed by atoms with Gasteiger partial charge < -0.3 is 5.32 Å². The van der Waals surface area contributed by atoms with Crippen LogP contribution in [0.1, 0.15) is 56.3 Å². The molecule has 2 rings (SSSR count). The number of hydrogen-bond donors (Lipinski definition) is 3. The van der Waals surface area contributed by atoms with Crippen LogP contribution >= 0.6 is 0 Å². The van der Waals surface area contributed by atoms with Crippen molar-refractivity contribution in [3.8, 4) is 0 Å². The van der Waals surface area contributed by atoms with Crippen molar-refractivity contribution in [3.63, 3.8) is 0 Å². The van der Waals surface area contributed by atoms with Gasteiger partial charge in [-0.2, -0.15) is 0 Å². The summed E-state index contributed by atoms with van der Waals surface area (Å²) < 4.78 is 12.9. The molecule has 1 fully saturated rings. The van der Waals surface area contributed by atoms with Gasteiger partial charge in [-0.1, -0.05) is 33.1 Å². The lowest BCUT2D eigenvalue weighted by atomic mass is 9.88. The Balaban J connectivity index is 1.89. The molecule has 0 spiro atoms. The van der Waals surface area contributed by atoms with Crippen LogP contribution in [0.5, 0.6) is 0 Å². The van der Waals surface area contributed by atoms with E-state index in [0.29, 0.717) is 0 Å². The van der Waals surface area contributed by atoms with Crippen LogP contribution in [0.2, 0.25) is 0 Å². The monoisotopic (exact) mass is 363 g/mol. The Morgan fingerprint density at radius 3 is 2.19 bits per heavy atom. The largest absolute Gasteiger partial charge is 0.344 e. The van der Waals surface area contributed by atoms with Gasteiger partial charge in [-0.15, -0.1) is 0 Å². The van der Waals surface area contributed by atoms with E-state index >= 15 is 0 Å². The highest BCUT2D eigenvalue weighted by Crippen LogP contribution is 2.24. The van der Waals surface area contributed by atoms with Gasteiger partial charge >= 0.3 is 0 Å². The standard InChI is InChI=1S/C19H26FN3O3/c1-12(2)16(21-17(24)13-6-4-3-5-7-13)19(26)23-22-18(25)14-8-10-15(20)11-9-14/h8-13,16H,3-7H2,1-2H3,(H,21,24)(H,22,25)(H,23,26)/t16-/m0/s1. The number of carbonyl (C=O) groups excluding carboxylic acids is 3. The molecule has 0 aromatic heterocycles. The van der Waals surface area contributed by atoms with Gasteiger partial charge in [-0.05, 0) is 43.0 Å². The van der Waals surface area contributed by atoms with Gasteiger partial charge in [0.15, 0.2) is 0 Å². The molecule has 0 saturated heterocycles. The topological polar surface area (TPSA) is 87.3 Å². The Bertz CT molecular complexity index is 640. The van der Waals surface area contributed by atoms with E-state index in [-0.39, 0.29) is 23.3 Å². The first-order valence-corrected chi connectivity index (χ1v) is 9.04. The van der Waals surface area contributed by atoms with Gasteiger partial charge in [-0.25, -0.2) is 4.39 Å². The maximum Gasteiger partial charge on any atom is 0.269 e. The second-order valence-electron chi connectivity index (χ2n) is 7.02. The maximum atomic E-state index is 12.9. The Labute approximate surface area is 152 Å². The highest BCUT2D eigenvalue weighted by atomic mass is 19.1. The minimum Gasteiger partial charge on any atom is -0.344 e. The summed E-state index contributed by atoms with van der Waals surface area (Å²) in [4.78, 5) is 36.8. The fourth-order valence-corrected chi connectivity index (χ4v) is 3.04. The van der Waals surface area contributed by atoms with Crippen LogP contribution in [0, 0.1) is 17.7 Å². The van der Waals surface area contributed by atoms with Crippen molar-refractivity contribution in [1.29, 1.82) is 0 Å². The van der Waals surface area contributed by atoms with Gasteiger partial charge in [0.05, 0.1) is 0 Å². The Kier molecular flexibility index (Phi) is 7.12. The molecule has 1 saturated carbocycles. The van der Waals surface area contributed by atoms with E-state index in [2.05, 4.69) is 16.2 Å². The van der Waals surface area contributed by atoms with Crippen LogP contribution in [0.25, 0.3) is 0 Å². The van der Waals surface area contributed by atoms with Gasteiger partial charge in [0, 0.05) is 11.5 Å². The molecule has 0 radical (unpaired) electrons. The van der Waals surface area contributed by atoms with Gasteiger partial charge in [-0.3, -0.25) is 25.2 Å². The second kappa shape index (κ2) is 9.31. The molecule has 1 aliphatic rings. The van der Waals surface area contributed by atoms with Crippen molar-refractivity contribution in [2.75, 3.05) is 0 Å². The number of rotatable bonds is 5. The van der Waals surface area contributed by atoms with E-state index in [0.717, 1.165) is 44.2 Å². The third-order valence-electron chi connectivity index (χ3n) is 4.63. The molecule has 6 nitrogen and oxygen atoms in total. The van der Waals surface area contributed by atoms with Crippen LogP contribution in [0.15, 0.2) is 24.3 Å². The van der Waals surface area contributed by atoms with Gasteiger partial charge in [0.25, 0.3) is 11.8 Å². The second-order valence-corrected chi connectivity index (χ2v) is 7.02. The smallest absolute Gasteiger partial charge is 0.269 e. The zero-order valence-electron chi connectivity index (χ0n) is 15.2. The van der Waals surface area contributed by atoms with Crippen LogP contribution in [-0.2, 0) is 9.59 Å². The molecule has 0 heterocycles. The molecule has 3 amide bonds. The highest BCUT2D eigenvalue weighted by Gasteiger charge is 2.28. The average molecular weight is 363 g/mol. The maximum absolute atomic E-state index is 12.9. The van der Waals surface area contributed by atoms with Crippen molar-refractivity contribution in [2.45, 2.75) is 52.0 Å². The lowest BCUT2D eigenvalue weighted by Gasteiger charge is -2.26. The number of benzene rings is 1. The highest BCUT2D eigenvalue weighted by molar-refractivity contribution is 5.96. The predicted octanol–water partition coefficient (Wildman–Crippen LogP) is 2.31. The summed E-state index contributed by atoms with van der Waals surface area (Å²) in [6, 6.07) is 4.23. The van der Waals surface area contributed by atoms with Gasteiger partial charge in [0.1, 0.15) is 11.9 Å². The van der Waals surface area contributed by atoms with Crippen molar-refractivity contribution in [2.24, 2.45) is 11.8 Å². The fraction of sp³-hybridized carbons (Fsp3) is 0.526. The first kappa shape index (κ1) is 19.9. The molecular weight excluding hydrogens is 337 g/mol. The number of carbonyl (C=O) groups is 3. The fourth-order valence-electron chi connectivity index (χ4n) is 3.04. The van der Waals surface area contributed by atoms with E-state index < -0.39 is 23.7 Å². The first-order valence-electron chi connectivity index (χ1n) is 9.04. The molecule has 0 bridgehead atoms. The van der Waals surface area contributed by atoms with Crippen LogP contribution in [-0.4, -0.2) is 23.8 Å². The van der Waals surface area contributed by atoms with E-state index in [9.17, 15) is 18.8 Å². The molecule has 0 unspecified atom stereocenters. The van der Waals surface area contributed by atoms with Crippen LogP contribution in [0.3, 0.4) is 0 Å². The summed E-state index contributed by atoms with van der Waals surface area (Å²) in [7, 11) is 0. The third-order valence-corrected chi connectivity index (χ3v) is 4.63. The minimum atomic E-state index is -0.738.